The van der Waals surface area contributed by atoms with Crippen LogP contribution in [0.25, 0.3) is 0 Å². The van der Waals surface area contributed by atoms with E-state index in [1.165, 1.54) is 58.3 Å². The van der Waals surface area contributed by atoms with E-state index in [1.54, 1.807) is 0 Å². The highest BCUT2D eigenvalue weighted by Crippen LogP contribution is 2.16. The van der Waals surface area contributed by atoms with Gasteiger partial charge in [0.2, 0.25) is 0 Å². The van der Waals surface area contributed by atoms with Crippen LogP contribution in [0.4, 0.5) is 0 Å². The van der Waals surface area contributed by atoms with Crippen LogP contribution in [0.5, 0.6) is 0 Å². The van der Waals surface area contributed by atoms with Gasteiger partial charge in [0.1, 0.15) is 0 Å². The Morgan fingerprint density at radius 2 is 2.13 bits per heavy atom. The highest BCUT2D eigenvalue weighted by molar-refractivity contribution is 4.74. The molecule has 1 aliphatic heterocycles. The molecule has 1 aliphatic rings. The summed E-state index contributed by atoms with van der Waals surface area (Å²) in [5.74, 6) is 0.903. The Morgan fingerprint density at radius 3 is 2.87 bits per heavy atom. The minimum Gasteiger partial charge on any atom is -0.317 e. The minimum absolute atomic E-state index is 0.903. The molecule has 0 radical (unpaired) electrons. The molecule has 1 unspecified atom stereocenters. The Hall–Kier alpha value is -0.0800. The average Bonchev–Trinajstić information content (AvgIpc) is 2.27. The lowest BCUT2D eigenvalue weighted by atomic mass is 9.97. The van der Waals surface area contributed by atoms with Gasteiger partial charge >= 0.3 is 0 Å². The molecular weight excluding hydrogens is 184 g/mol. The highest BCUT2D eigenvalue weighted by atomic mass is 15.1. The van der Waals surface area contributed by atoms with Crippen LogP contribution in [-0.2, 0) is 0 Å². The maximum Gasteiger partial charge on any atom is 0.00218 e. The standard InChI is InChI=1S/C13H28N2/c1-3-5-6-9-15-10-7-8-13(12-15)11-14-4-2/h13-14H,3-12H2,1-2H3. The maximum atomic E-state index is 3.48. The first kappa shape index (κ1) is 13.0. The van der Waals surface area contributed by atoms with E-state index >= 15 is 0 Å². The molecule has 1 atom stereocenters. The third kappa shape index (κ3) is 5.53. The van der Waals surface area contributed by atoms with Gasteiger partial charge < -0.3 is 10.2 Å². The topological polar surface area (TPSA) is 15.3 Å². The summed E-state index contributed by atoms with van der Waals surface area (Å²) in [7, 11) is 0. The molecule has 0 bridgehead atoms. The zero-order chi connectivity index (χ0) is 10.9. The van der Waals surface area contributed by atoms with Gasteiger partial charge in [0, 0.05) is 6.54 Å². The zero-order valence-electron chi connectivity index (χ0n) is 10.6. The van der Waals surface area contributed by atoms with Crippen LogP contribution in [0, 0.1) is 5.92 Å². The van der Waals surface area contributed by atoms with Crippen molar-refractivity contribution in [2.45, 2.75) is 46.0 Å². The fourth-order valence-electron chi connectivity index (χ4n) is 2.45. The normalized spacial score (nSPS) is 23.2. The summed E-state index contributed by atoms with van der Waals surface area (Å²) in [6.45, 7) is 10.8. The highest BCUT2D eigenvalue weighted by Gasteiger charge is 2.18. The van der Waals surface area contributed by atoms with Crippen LogP contribution >= 0.6 is 0 Å². The predicted octanol–water partition coefficient (Wildman–Crippen LogP) is 2.50. The first-order valence-corrected chi connectivity index (χ1v) is 6.79. The third-order valence-electron chi connectivity index (χ3n) is 3.36. The Bertz CT molecular complexity index is 147. The molecule has 0 saturated carbocycles. The van der Waals surface area contributed by atoms with Gasteiger partial charge in [0.05, 0.1) is 0 Å². The number of rotatable bonds is 7. The summed E-state index contributed by atoms with van der Waals surface area (Å²) >= 11 is 0. The molecule has 15 heavy (non-hydrogen) atoms. The number of nitrogens with one attached hydrogen (secondary N) is 1. The Kier molecular flexibility index (Phi) is 7.03. The summed E-state index contributed by atoms with van der Waals surface area (Å²) in [6, 6.07) is 0. The molecule has 1 N–H and O–H groups in total. The van der Waals surface area contributed by atoms with E-state index in [0.717, 1.165) is 12.5 Å². The minimum atomic E-state index is 0.903. The van der Waals surface area contributed by atoms with E-state index in [9.17, 15) is 0 Å². The van der Waals surface area contributed by atoms with Gasteiger partial charge in [-0.2, -0.15) is 0 Å². The number of piperidine rings is 1. The van der Waals surface area contributed by atoms with E-state index < -0.39 is 0 Å². The molecule has 1 fully saturated rings. The van der Waals surface area contributed by atoms with E-state index in [0.29, 0.717) is 0 Å². The molecular formula is C13H28N2. The van der Waals surface area contributed by atoms with Gasteiger partial charge in [-0.3, -0.25) is 0 Å². The first-order chi connectivity index (χ1) is 7.36. The molecule has 90 valence electrons. The van der Waals surface area contributed by atoms with Crippen LogP contribution < -0.4 is 5.32 Å². The monoisotopic (exact) mass is 212 g/mol. The molecule has 2 nitrogen and oxygen atoms in total. The fraction of sp³-hybridized carbons (Fsp3) is 1.00. The second-order valence-electron chi connectivity index (χ2n) is 4.82. The van der Waals surface area contributed by atoms with E-state index in [-0.39, 0.29) is 0 Å². The molecule has 1 heterocycles. The molecule has 2 heteroatoms. The van der Waals surface area contributed by atoms with E-state index in [1.807, 2.05) is 0 Å². The van der Waals surface area contributed by atoms with Crippen LogP contribution in [0.3, 0.4) is 0 Å². The average molecular weight is 212 g/mol. The zero-order valence-corrected chi connectivity index (χ0v) is 10.6. The van der Waals surface area contributed by atoms with Crippen molar-refractivity contribution in [3.63, 3.8) is 0 Å². The summed E-state index contributed by atoms with van der Waals surface area (Å²) in [5, 5.41) is 3.48. The van der Waals surface area contributed by atoms with Crippen molar-refractivity contribution < 1.29 is 0 Å². The molecule has 1 saturated heterocycles. The quantitative estimate of drug-likeness (QED) is 0.652. The molecule has 0 aromatic carbocycles. The van der Waals surface area contributed by atoms with Gasteiger partial charge in [-0.15, -0.1) is 0 Å². The summed E-state index contributed by atoms with van der Waals surface area (Å²) < 4.78 is 0. The molecule has 0 spiro atoms. The number of nitrogens with zero attached hydrogens (tertiary/aromatic N) is 1. The number of unbranched alkanes of at least 4 members (excludes halogenated alkanes) is 2. The van der Waals surface area contributed by atoms with E-state index in [2.05, 4.69) is 24.1 Å². The van der Waals surface area contributed by atoms with Crippen LogP contribution in [0.1, 0.15) is 46.0 Å². The third-order valence-corrected chi connectivity index (χ3v) is 3.36. The van der Waals surface area contributed by atoms with Crippen molar-refractivity contribution in [2.75, 3.05) is 32.7 Å². The van der Waals surface area contributed by atoms with Crippen molar-refractivity contribution in [3.05, 3.63) is 0 Å². The van der Waals surface area contributed by atoms with Gasteiger partial charge in [0.15, 0.2) is 0 Å². The van der Waals surface area contributed by atoms with Crippen LogP contribution in [0.2, 0.25) is 0 Å². The summed E-state index contributed by atoms with van der Waals surface area (Å²) in [5.41, 5.74) is 0. The van der Waals surface area contributed by atoms with Crippen molar-refractivity contribution in [2.24, 2.45) is 5.92 Å². The molecule has 0 aromatic heterocycles. The number of hydrogen-bond donors (Lipinski definition) is 1. The molecule has 0 amide bonds. The summed E-state index contributed by atoms with van der Waals surface area (Å²) in [6.07, 6.45) is 6.97. The fourth-order valence-corrected chi connectivity index (χ4v) is 2.45. The van der Waals surface area contributed by atoms with Gasteiger partial charge in [-0.1, -0.05) is 26.7 Å². The summed E-state index contributed by atoms with van der Waals surface area (Å²) in [4.78, 5) is 2.67. The van der Waals surface area contributed by atoms with Gasteiger partial charge in [-0.05, 0) is 51.4 Å². The molecule has 1 rings (SSSR count). The molecule has 0 aliphatic carbocycles. The second kappa shape index (κ2) is 8.12. The predicted molar refractivity (Wildman–Crippen MR) is 67.2 cm³/mol. The van der Waals surface area contributed by atoms with Gasteiger partial charge in [-0.25, -0.2) is 0 Å². The van der Waals surface area contributed by atoms with Crippen molar-refractivity contribution in [3.8, 4) is 0 Å². The first-order valence-electron chi connectivity index (χ1n) is 6.79. The largest absolute Gasteiger partial charge is 0.317 e. The Labute approximate surface area is 95.4 Å². The Morgan fingerprint density at radius 1 is 1.27 bits per heavy atom. The van der Waals surface area contributed by atoms with Crippen molar-refractivity contribution >= 4 is 0 Å². The van der Waals surface area contributed by atoms with Gasteiger partial charge in [0.25, 0.3) is 0 Å². The van der Waals surface area contributed by atoms with Crippen LogP contribution in [-0.4, -0.2) is 37.6 Å². The lowest BCUT2D eigenvalue weighted by Crippen LogP contribution is -2.40. The number of hydrogen-bond acceptors (Lipinski definition) is 2. The van der Waals surface area contributed by atoms with E-state index in [4.69, 9.17) is 0 Å². The Balaban J connectivity index is 2.11. The maximum absolute atomic E-state index is 3.48. The van der Waals surface area contributed by atoms with Crippen molar-refractivity contribution in [1.82, 2.24) is 10.2 Å². The smallest absolute Gasteiger partial charge is 0.00218 e. The van der Waals surface area contributed by atoms with Crippen molar-refractivity contribution in [1.29, 1.82) is 0 Å². The second-order valence-corrected chi connectivity index (χ2v) is 4.82. The lowest BCUT2D eigenvalue weighted by Gasteiger charge is -2.32. The number of likely N-dealkylation sites (tertiary alicyclic amines) is 1. The van der Waals surface area contributed by atoms with Crippen LogP contribution in [0.15, 0.2) is 0 Å². The molecule has 0 aromatic rings. The SMILES string of the molecule is CCCCCN1CCCC(CNCC)C1. The lowest BCUT2D eigenvalue weighted by molar-refractivity contribution is 0.170.